The van der Waals surface area contributed by atoms with Crippen LogP contribution in [0.4, 0.5) is 0 Å². The molecule has 2 fully saturated rings. The lowest BCUT2D eigenvalue weighted by atomic mass is 10.1. The molecule has 0 amide bonds. The number of aryl methyl sites for hydroxylation is 2. The van der Waals surface area contributed by atoms with E-state index in [2.05, 4.69) is 73.0 Å². The van der Waals surface area contributed by atoms with Crippen LogP contribution in [0.5, 0.6) is 0 Å². The Morgan fingerprint density at radius 3 is 1.33 bits per heavy atom. The van der Waals surface area contributed by atoms with E-state index in [0.717, 1.165) is 11.1 Å². The molecule has 0 aliphatic carbocycles. The van der Waals surface area contributed by atoms with E-state index in [1.165, 1.54) is 11.1 Å². The van der Waals surface area contributed by atoms with E-state index in [0.29, 0.717) is 10.2 Å². The van der Waals surface area contributed by atoms with Crippen LogP contribution in [0.25, 0.3) is 0 Å². The van der Waals surface area contributed by atoms with E-state index in [4.69, 9.17) is 24.4 Å². The Kier molecular flexibility index (Phi) is 3.66. The third-order valence-electron chi connectivity index (χ3n) is 4.44. The van der Waals surface area contributed by atoms with Crippen LogP contribution in [0.15, 0.2) is 48.5 Å². The predicted molar refractivity (Wildman–Crippen MR) is 103 cm³/mol. The first kappa shape index (κ1) is 15.4. The number of thiocarbonyl (C=S) groups is 2. The lowest BCUT2D eigenvalue weighted by molar-refractivity contribution is 0.114. The SMILES string of the molecule is Cc1ccc(C2NC(=S)N3C(c4ccc(C)cc4)NC(=S)N23)cc1. The average molecular weight is 355 g/mol. The molecule has 2 aliphatic rings. The van der Waals surface area contributed by atoms with Gasteiger partial charge in [0.1, 0.15) is 12.3 Å². The van der Waals surface area contributed by atoms with E-state index in [1.807, 2.05) is 10.0 Å². The fourth-order valence-corrected chi connectivity index (χ4v) is 3.72. The minimum absolute atomic E-state index is 0.0754. The van der Waals surface area contributed by atoms with Crippen LogP contribution in [0, 0.1) is 13.8 Å². The van der Waals surface area contributed by atoms with Crippen LogP contribution in [0.2, 0.25) is 0 Å². The summed E-state index contributed by atoms with van der Waals surface area (Å²) in [7, 11) is 0. The molecule has 0 saturated carbocycles. The van der Waals surface area contributed by atoms with Crippen LogP contribution >= 0.6 is 24.4 Å². The van der Waals surface area contributed by atoms with Gasteiger partial charge in [-0.2, -0.15) is 0 Å². The second-order valence-corrected chi connectivity index (χ2v) is 6.99. The Hall–Kier alpha value is -2.18. The monoisotopic (exact) mass is 354 g/mol. The summed E-state index contributed by atoms with van der Waals surface area (Å²) in [6.45, 7) is 4.16. The third kappa shape index (κ3) is 2.42. The standard InChI is InChI=1S/C18H18N4S2/c1-11-3-7-13(8-4-11)15-19-17(23)22-16(20-18(24)21(15)22)14-9-5-12(2)6-10-14/h3-10,15-16H,1-2H3,(H,19,23)(H,20,24). The van der Waals surface area contributed by atoms with Crippen molar-refractivity contribution >= 4 is 34.7 Å². The summed E-state index contributed by atoms with van der Waals surface area (Å²) in [6.07, 6.45) is -0.151. The maximum Gasteiger partial charge on any atom is 0.192 e. The molecule has 0 radical (unpaired) electrons. The molecule has 0 spiro atoms. The van der Waals surface area contributed by atoms with Gasteiger partial charge in [0, 0.05) is 0 Å². The van der Waals surface area contributed by atoms with Gasteiger partial charge in [-0.25, -0.2) is 10.0 Å². The smallest absolute Gasteiger partial charge is 0.192 e. The molecule has 0 aromatic heterocycles. The fraction of sp³-hybridized carbons (Fsp3) is 0.222. The highest BCUT2D eigenvalue weighted by Crippen LogP contribution is 2.36. The first-order valence-electron chi connectivity index (χ1n) is 7.87. The number of hydrazine groups is 1. The molecule has 0 bridgehead atoms. The van der Waals surface area contributed by atoms with Crippen molar-refractivity contribution in [2.24, 2.45) is 0 Å². The zero-order chi connectivity index (χ0) is 16.8. The predicted octanol–water partition coefficient (Wildman–Crippen LogP) is 3.30. The molecule has 4 nitrogen and oxygen atoms in total. The van der Waals surface area contributed by atoms with E-state index in [1.54, 1.807) is 0 Å². The second-order valence-electron chi connectivity index (χ2n) is 6.21. The second kappa shape index (κ2) is 5.72. The van der Waals surface area contributed by atoms with Crippen molar-refractivity contribution in [2.75, 3.05) is 0 Å². The number of hydrogen-bond donors (Lipinski definition) is 2. The third-order valence-corrected chi connectivity index (χ3v) is 5.05. The highest BCUT2D eigenvalue weighted by Gasteiger charge is 2.47. The maximum absolute atomic E-state index is 5.59. The number of rotatable bonds is 2. The summed E-state index contributed by atoms with van der Waals surface area (Å²) in [5, 5.41) is 12.2. The first-order chi connectivity index (χ1) is 11.5. The van der Waals surface area contributed by atoms with Crippen LogP contribution < -0.4 is 10.6 Å². The number of nitrogens with one attached hydrogen (secondary N) is 2. The average Bonchev–Trinajstić information content (AvgIpc) is 3.08. The molecule has 2 N–H and O–H groups in total. The summed E-state index contributed by atoms with van der Waals surface area (Å²) >= 11 is 11.2. The van der Waals surface area contributed by atoms with E-state index >= 15 is 0 Å². The lowest BCUT2D eigenvalue weighted by Gasteiger charge is -2.26. The topological polar surface area (TPSA) is 30.5 Å². The Bertz CT molecular complexity index is 731. The molecule has 2 aromatic rings. The van der Waals surface area contributed by atoms with Gasteiger partial charge in [0.2, 0.25) is 0 Å². The zero-order valence-corrected chi connectivity index (χ0v) is 15.1. The number of benzene rings is 2. The van der Waals surface area contributed by atoms with Gasteiger partial charge in [-0.3, -0.25) is 0 Å². The Balaban J connectivity index is 1.68. The Morgan fingerprint density at radius 2 is 1.00 bits per heavy atom. The van der Waals surface area contributed by atoms with Crippen LogP contribution in [0.3, 0.4) is 0 Å². The Morgan fingerprint density at radius 1 is 0.667 bits per heavy atom. The van der Waals surface area contributed by atoms with Gasteiger partial charge < -0.3 is 10.6 Å². The van der Waals surface area contributed by atoms with Gasteiger partial charge in [0.15, 0.2) is 10.2 Å². The molecule has 2 heterocycles. The van der Waals surface area contributed by atoms with Gasteiger partial charge in [0.05, 0.1) is 0 Å². The summed E-state index contributed by atoms with van der Waals surface area (Å²) in [4.78, 5) is 0. The lowest BCUT2D eigenvalue weighted by Crippen LogP contribution is -2.36. The van der Waals surface area contributed by atoms with Gasteiger partial charge in [-0.1, -0.05) is 59.7 Å². The summed E-state index contributed by atoms with van der Waals surface area (Å²) in [5.74, 6) is 0. The van der Waals surface area contributed by atoms with Gasteiger partial charge in [0.25, 0.3) is 0 Å². The van der Waals surface area contributed by atoms with Gasteiger partial charge >= 0.3 is 0 Å². The van der Waals surface area contributed by atoms with Crippen molar-refractivity contribution in [3.63, 3.8) is 0 Å². The van der Waals surface area contributed by atoms with Crippen LogP contribution in [-0.2, 0) is 0 Å². The van der Waals surface area contributed by atoms with Gasteiger partial charge in [-0.15, -0.1) is 0 Å². The van der Waals surface area contributed by atoms with Crippen molar-refractivity contribution in [1.82, 2.24) is 20.7 Å². The van der Waals surface area contributed by atoms with Crippen LogP contribution in [-0.4, -0.2) is 20.2 Å². The minimum Gasteiger partial charge on any atom is -0.336 e. The molecule has 24 heavy (non-hydrogen) atoms. The zero-order valence-electron chi connectivity index (χ0n) is 13.5. The molecule has 2 unspecified atom stereocenters. The molecule has 2 aliphatic heterocycles. The summed E-state index contributed by atoms with van der Waals surface area (Å²) in [6, 6.07) is 16.9. The molecular formula is C18H18N4S2. The van der Waals surface area contributed by atoms with E-state index in [9.17, 15) is 0 Å². The molecule has 6 heteroatoms. The highest BCUT2D eigenvalue weighted by atomic mass is 32.1. The van der Waals surface area contributed by atoms with Gasteiger partial charge in [-0.05, 0) is 49.4 Å². The first-order valence-corrected chi connectivity index (χ1v) is 8.69. The molecule has 4 rings (SSSR count). The molecular weight excluding hydrogens is 336 g/mol. The van der Waals surface area contributed by atoms with E-state index in [-0.39, 0.29) is 12.3 Å². The maximum atomic E-state index is 5.59. The Labute approximate surface area is 152 Å². The number of hydrogen-bond acceptors (Lipinski definition) is 2. The number of fused-ring (bicyclic) bond motifs is 1. The fourth-order valence-electron chi connectivity index (χ4n) is 3.11. The largest absolute Gasteiger partial charge is 0.336 e. The molecule has 2 saturated heterocycles. The molecule has 2 atom stereocenters. The van der Waals surface area contributed by atoms with Crippen LogP contribution in [0.1, 0.15) is 34.6 Å². The van der Waals surface area contributed by atoms with Crippen molar-refractivity contribution in [3.05, 3.63) is 70.8 Å². The van der Waals surface area contributed by atoms with Crippen molar-refractivity contribution in [1.29, 1.82) is 0 Å². The normalized spacial score (nSPS) is 22.4. The quantitative estimate of drug-likeness (QED) is 0.805. The minimum atomic E-state index is -0.0754. The summed E-state index contributed by atoms with van der Waals surface area (Å²) < 4.78 is 0. The molecule has 2 aromatic carbocycles. The van der Waals surface area contributed by atoms with Crippen molar-refractivity contribution in [3.8, 4) is 0 Å². The summed E-state index contributed by atoms with van der Waals surface area (Å²) in [5.41, 5.74) is 4.74. The van der Waals surface area contributed by atoms with E-state index < -0.39 is 0 Å². The highest BCUT2D eigenvalue weighted by molar-refractivity contribution is 7.80. The number of nitrogens with zero attached hydrogens (tertiary/aromatic N) is 2. The van der Waals surface area contributed by atoms with Crippen molar-refractivity contribution in [2.45, 2.75) is 26.2 Å². The molecule has 122 valence electrons. The van der Waals surface area contributed by atoms with Crippen molar-refractivity contribution < 1.29 is 0 Å².